The predicted molar refractivity (Wildman–Crippen MR) is 89.3 cm³/mol. The Morgan fingerprint density at radius 2 is 2.14 bits per heavy atom. The lowest BCUT2D eigenvalue weighted by Crippen LogP contribution is -2.33. The van der Waals surface area contributed by atoms with Crippen LogP contribution >= 0.6 is 23.2 Å². The molecule has 1 aliphatic rings. The zero-order chi connectivity index (χ0) is 15.2. The number of halogens is 2. The Kier molecular flexibility index (Phi) is 6.34. The summed E-state index contributed by atoms with van der Waals surface area (Å²) in [7, 11) is 0. The molecule has 0 bridgehead atoms. The maximum absolute atomic E-state index is 10.0. The molecular weight excluding hydrogens is 307 g/mol. The van der Waals surface area contributed by atoms with Crippen molar-refractivity contribution in [2.45, 2.75) is 45.1 Å². The zero-order valence-electron chi connectivity index (χ0n) is 12.4. The van der Waals surface area contributed by atoms with E-state index in [9.17, 15) is 5.11 Å². The fourth-order valence-corrected chi connectivity index (χ4v) is 2.78. The molecule has 2 rings (SSSR count). The van der Waals surface area contributed by atoms with E-state index < -0.39 is 0 Å². The molecule has 1 N–H and O–H groups in total. The lowest BCUT2D eigenvalue weighted by Gasteiger charge is -2.27. The summed E-state index contributed by atoms with van der Waals surface area (Å²) in [6.07, 6.45) is 4.67. The highest BCUT2D eigenvalue weighted by Crippen LogP contribution is 2.24. The van der Waals surface area contributed by atoms with Crippen molar-refractivity contribution >= 4 is 28.9 Å². The van der Waals surface area contributed by atoms with E-state index >= 15 is 0 Å². The molecule has 1 aromatic carbocycles. The summed E-state index contributed by atoms with van der Waals surface area (Å²) in [5, 5.41) is 17.8. The van der Waals surface area contributed by atoms with Gasteiger partial charge in [0.2, 0.25) is 0 Å². The third-order valence-corrected chi connectivity index (χ3v) is 4.40. The van der Waals surface area contributed by atoms with E-state index in [4.69, 9.17) is 23.2 Å². The fourth-order valence-electron chi connectivity index (χ4n) is 2.48. The van der Waals surface area contributed by atoms with Gasteiger partial charge in [0.15, 0.2) is 0 Å². The number of nitrogens with zero attached hydrogens (tertiary/aromatic N) is 2. The molecule has 116 valence electrons. The molecule has 1 aliphatic heterocycles. The van der Waals surface area contributed by atoms with Crippen molar-refractivity contribution in [2.24, 2.45) is 5.10 Å². The van der Waals surface area contributed by atoms with Gasteiger partial charge in [-0.25, -0.2) is 0 Å². The summed E-state index contributed by atoms with van der Waals surface area (Å²) in [6, 6.07) is 5.61. The van der Waals surface area contributed by atoms with E-state index in [1.165, 1.54) is 0 Å². The summed E-state index contributed by atoms with van der Waals surface area (Å²) < 4.78 is 0. The van der Waals surface area contributed by atoms with Gasteiger partial charge in [-0.1, -0.05) is 49.0 Å². The second kappa shape index (κ2) is 8.02. The topological polar surface area (TPSA) is 35.8 Å². The van der Waals surface area contributed by atoms with Gasteiger partial charge in [-0.2, -0.15) is 5.10 Å². The van der Waals surface area contributed by atoms with Crippen molar-refractivity contribution in [1.29, 1.82) is 0 Å². The van der Waals surface area contributed by atoms with Crippen LogP contribution in [-0.4, -0.2) is 35.0 Å². The minimum Gasteiger partial charge on any atom is -0.391 e. The average Bonchev–Trinajstić information content (AvgIpc) is 2.48. The molecule has 0 spiro atoms. The first kappa shape index (κ1) is 16.6. The van der Waals surface area contributed by atoms with Crippen LogP contribution in [0.3, 0.4) is 0 Å². The molecule has 0 saturated carbocycles. The van der Waals surface area contributed by atoms with Gasteiger partial charge >= 0.3 is 0 Å². The van der Waals surface area contributed by atoms with E-state index in [1.54, 1.807) is 6.07 Å². The Hall–Kier alpha value is -0.770. The summed E-state index contributed by atoms with van der Waals surface area (Å²) in [5.74, 6) is 0. The minimum atomic E-state index is -0.304. The first-order valence-corrected chi connectivity index (χ1v) is 8.31. The predicted octanol–water partition coefficient (Wildman–Crippen LogP) is 4.34. The molecule has 3 nitrogen and oxygen atoms in total. The number of β-amino-alcohol motifs (C(OH)–C–C–N with tert-alkyl or cyclic N) is 1. The molecular formula is C16H22Cl2N2O. The van der Waals surface area contributed by atoms with Gasteiger partial charge in [0, 0.05) is 6.54 Å². The van der Waals surface area contributed by atoms with Crippen LogP contribution in [0.4, 0.5) is 0 Å². The van der Waals surface area contributed by atoms with E-state index in [0.29, 0.717) is 16.6 Å². The van der Waals surface area contributed by atoms with E-state index in [-0.39, 0.29) is 6.10 Å². The smallest absolute Gasteiger partial charge is 0.0731 e. The van der Waals surface area contributed by atoms with Crippen molar-refractivity contribution < 1.29 is 5.11 Å². The molecule has 21 heavy (non-hydrogen) atoms. The summed E-state index contributed by atoms with van der Waals surface area (Å²) in [5.41, 5.74) is 2.03. The zero-order valence-corrected chi connectivity index (χ0v) is 13.9. The van der Waals surface area contributed by atoms with E-state index in [0.717, 1.165) is 49.9 Å². The molecule has 0 amide bonds. The van der Waals surface area contributed by atoms with Crippen LogP contribution in [0.15, 0.2) is 23.3 Å². The first-order valence-electron chi connectivity index (χ1n) is 7.56. The highest BCUT2D eigenvalue weighted by molar-refractivity contribution is 6.42. The Bertz CT molecular complexity index is 505. The second-order valence-corrected chi connectivity index (χ2v) is 6.30. The average molecular weight is 329 g/mol. The number of hydrogen-bond donors (Lipinski definition) is 1. The van der Waals surface area contributed by atoms with Crippen molar-refractivity contribution in [3.8, 4) is 0 Å². The molecule has 5 heteroatoms. The van der Waals surface area contributed by atoms with Crippen molar-refractivity contribution in [1.82, 2.24) is 5.01 Å². The minimum absolute atomic E-state index is 0.304. The third-order valence-electron chi connectivity index (χ3n) is 3.66. The Morgan fingerprint density at radius 3 is 2.86 bits per heavy atom. The van der Waals surface area contributed by atoms with Gasteiger partial charge in [-0.15, -0.1) is 0 Å². The quantitative estimate of drug-likeness (QED) is 0.842. The van der Waals surface area contributed by atoms with Crippen molar-refractivity contribution in [2.75, 3.05) is 13.1 Å². The highest BCUT2D eigenvalue weighted by atomic mass is 35.5. The van der Waals surface area contributed by atoms with Gasteiger partial charge in [0.1, 0.15) is 0 Å². The molecule has 0 aromatic heterocycles. The molecule has 1 atom stereocenters. The molecule has 1 heterocycles. The molecule has 0 fully saturated rings. The number of unbranched alkanes of at least 4 members (excludes halogenated alkanes) is 1. The van der Waals surface area contributed by atoms with Crippen LogP contribution in [0, 0.1) is 0 Å². The Labute approximate surface area is 136 Å². The van der Waals surface area contributed by atoms with Crippen LogP contribution in [0.25, 0.3) is 0 Å². The van der Waals surface area contributed by atoms with Gasteiger partial charge < -0.3 is 5.11 Å². The van der Waals surface area contributed by atoms with Gasteiger partial charge in [-0.3, -0.25) is 5.01 Å². The Balaban J connectivity index is 2.04. The molecule has 0 aliphatic carbocycles. The SMILES string of the molecule is CCCCC(O)CN1CCCC(c2ccc(Cl)c(Cl)c2)=N1. The molecule has 0 saturated heterocycles. The molecule has 1 aromatic rings. The standard InChI is InChI=1S/C16H22Cl2N2O/c1-2-3-5-13(21)11-20-9-4-6-16(19-20)12-7-8-14(17)15(18)10-12/h7-8,10,13,21H,2-6,9,11H2,1H3. The monoisotopic (exact) mass is 328 g/mol. The van der Waals surface area contributed by atoms with Crippen LogP contribution in [0.2, 0.25) is 10.0 Å². The summed E-state index contributed by atoms with van der Waals surface area (Å²) in [6.45, 7) is 3.63. The van der Waals surface area contributed by atoms with Crippen molar-refractivity contribution in [3.63, 3.8) is 0 Å². The van der Waals surface area contributed by atoms with Gasteiger partial charge in [-0.05, 0) is 37.0 Å². The number of hydrogen-bond acceptors (Lipinski definition) is 3. The van der Waals surface area contributed by atoms with Gasteiger partial charge in [0.05, 0.1) is 28.4 Å². The lowest BCUT2D eigenvalue weighted by molar-refractivity contribution is 0.102. The number of rotatable bonds is 6. The number of benzene rings is 1. The van der Waals surface area contributed by atoms with Crippen LogP contribution in [0.5, 0.6) is 0 Å². The largest absolute Gasteiger partial charge is 0.391 e. The van der Waals surface area contributed by atoms with E-state index in [2.05, 4.69) is 12.0 Å². The van der Waals surface area contributed by atoms with Crippen molar-refractivity contribution in [3.05, 3.63) is 33.8 Å². The summed E-state index contributed by atoms with van der Waals surface area (Å²) in [4.78, 5) is 0. The fraction of sp³-hybridized carbons (Fsp3) is 0.562. The lowest BCUT2D eigenvalue weighted by atomic mass is 10.0. The Morgan fingerprint density at radius 1 is 1.33 bits per heavy atom. The maximum Gasteiger partial charge on any atom is 0.0731 e. The number of aliphatic hydroxyl groups is 1. The highest BCUT2D eigenvalue weighted by Gasteiger charge is 2.17. The van der Waals surface area contributed by atoms with Crippen LogP contribution < -0.4 is 0 Å². The second-order valence-electron chi connectivity index (χ2n) is 5.49. The normalized spacial score (nSPS) is 16.8. The van der Waals surface area contributed by atoms with Crippen LogP contribution in [-0.2, 0) is 0 Å². The van der Waals surface area contributed by atoms with Crippen LogP contribution in [0.1, 0.15) is 44.6 Å². The summed E-state index contributed by atoms with van der Waals surface area (Å²) >= 11 is 12.0. The molecule has 1 unspecified atom stereocenters. The first-order chi connectivity index (χ1) is 10.1. The van der Waals surface area contributed by atoms with Gasteiger partial charge in [0.25, 0.3) is 0 Å². The molecule has 0 radical (unpaired) electrons. The number of hydrazone groups is 1. The van der Waals surface area contributed by atoms with E-state index in [1.807, 2.05) is 17.1 Å². The third kappa shape index (κ3) is 4.87. The number of aliphatic hydroxyl groups excluding tert-OH is 1. The maximum atomic E-state index is 10.0.